The van der Waals surface area contributed by atoms with E-state index in [-0.39, 0.29) is 17.1 Å². The Kier molecular flexibility index (Phi) is 3.48. The van der Waals surface area contributed by atoms with Gasteiger partial charge in [0.1, 0.15) is 11.6 Å². The van der Waals surface area contributed by atoms with Crippen molar-refractivity contribution in [2.75, 3.05) is 6.61 Å². The Morgan fingerprint density at radius 2 is 1.87 bits per heavy atom. The predicted molar refractivity (Wildman–Crippen MR) is 62.0 cm³/mol. The quantitative estimate of drug-likeness (QED) is 0.688. The van der Waals surface area contributed by atoms with Gasteiger partial charge in [0.05, 0.1) is 6.61 Å². The molecule has 0 aromatic heterocycles. The first-order valence-electron chi connectivity index (χ1n) is 5.72. The summed E-state index contributed by atoms with van der Waals surface area (Å²) in [4.78, 5) is 0. The van der Waals surface area contributed by atoms with E-state index in [9.17, 15) is 0 Å². The zero-order valence-electron chi connectivity index (χ0n) is 10.5. The summed E-state index contributed by atoms with van der Waals surface area (Å²) in [6, 6.07) is 0. The topological polar surface area (TPSA) is 36.9 Å². The summed E-state index contributed by atoms with van der Waals surface area (Å²) in [7, 11) is 0. The maximum absolute atomic E-state index is 5.89. The Morgan fingerprint density at radius 3 is 2.20 bits per heavy atom. The van der Waals surface area contributed by atoms with Gasteiger partial charge in [-0.1, -0.05) is 0 Å². The third-order valence-corrected chi connectivity index (χ3v) is 3.54. The van der Waals surface area contributed by atoms with Crippen LogP contribution in [-0.2, 0) is 4.74 Å². The lowest BCUT2D eigenvalue weighted by Gasteiger charge is -2.39. The SMILES string of the molecule is C#CC(C)(C)C1CCC(C(C)(C)[NH3+])OC1. The van der Waals surface area contributed by atoms with E-state index in [2.05, 4.69) is 39.3 Å². The molecule has 86 valence electrons. The van der Waals surface area contributed by atoms with E-state index in [0.29, 0.717) is 5.92 Å². The lowest BCUT2D eigenvalue weighted by Crippen LogP contribution is -2.75. The molecule has 0 spiro atoms. The second kappa shape index (κ2) is 4.15. The van der Waals surface area contributed by atoms with Crippen molar-refractivity contribution < 1.29 is 10.5 Å². The first-order valence-corrected chi connectivity index (χ1v) is 5.72. The van der Waals surface area contributed by atoms with Crippen molar-refractivity contribution in [2.24, 2.45) is 11.3 Å². The molecule has 0 aromatic rings. The van der Waals surface area contributed by atoms with E-state index in [1.807, 2.05) is 0 Å². The lowest BCUT2D eigenvalue weighted by atomic mass is 9.75. The number of ether oxygens (including phenoxy) is 1. The van der Waals surface area contributed by atoms with E-state index < -0.39 is 0 Å². The van der Waals surface area contributed by atoms with E-state index in [0.717, 1.165) is 19.4 Å². The largest absolute Gasteiger partial charge is 0.371 e. The van der Waals surface area contributed by atoms with E-state index >= 15 is 0 Å². The van der Waals surface area contributed by atoms with Crippen molar-refractivity contribution in [1.29, 1.82) is 0 Å². The fourth-order valence-corrected chi connectivity index (χ4v) is 2.05. The minimum absolute atomic E-state index is 0.00521. The van der Waals surface area contributed by atoms with Gasteiger partial charge in [-0.3, -0.25) is 0 Å². The van der Waals surface area contributed by atoms with Gasteiger partial charge in [0.2, 0.25) is 0 Å². The van der Waals surface area contributed by atoms with Crippen molar-refractivity contribution >= 4 is 0 Å². The molecule has 2 heteroatoms. The van der Waals surface area contributed by atoms with Crippen molar-refractivity contribution in [1.82, 2.24) is 0 Å². The standard InChI is InChI=1S/C13H23NO/c1-6-12(2,3)10-7-8-11(15-9-10)13(4,5)14/h1,10-11H,7-9,14H2,2-5H3/p+1. The van der Waals surface area contributed by atoms with Crippen LogP contribution in [0.4, 0.5) is 0 Å². The summed E-state index contributed by atoms with van der Waals surface area (Å²) in [5, 5.41) is 0. The predicted octanol–water partition coefficient (Wildman–Crippen LogP) is 1.46. The summed E-state index contributed by atoms with van der Waals surface area (Å²) in [5.41, 5.74) is 4.10. The van der Waals surface area contributed by atoms with Crippen molar-refractivity contribution in [3.8, 4) is 12.3 Å². The third kappa shape index (κ3) is 2.96. The van der Waals surface area contributed by atoms with E-state index in [4.69, 9.17) is 11.2 Å². The normalized spacial score (nSPS) is 28.5. The zero-order valence-corrected chi connectivity index (χ0v) is 10.5. The van der Waals surface area contributed by atoms with Gasteiger partial charge in [-0.15, -0.1) is 12.3 Å². The maximum atomic E-state index is 5.89. The fourth-order valence-electron chi connectivity index (χ4n) is 2.05. The highest BCUT2D eigenvalue weighted by Crippen LogP contribution is 2.35. The molecule has 3 N–H and O–H groups in total. The maximum Gasteiger partial charge on any atom is 0.115 e. The second-order valence-corrected chi connectivity index (χ2v) is 5.95. The second-order valence-electron chi connectivity index (χ2n) is 5.95. The molecule has 1 heterocycles. The third-order valence-electron chi connectivity index (χ3n) is 3.54. The molecule has 0 aromatic carbocycles. The fraction of sp³-hybridized carbons (Fsp3) is 0.846. The molecule has 0 aliphatic carbocycles. The lowest BCUT2D eigenvalue weighted by molar-refractivity contribution is -0.488. The van der Waals surface area contributed by atoms with E-state index in [1.54, 1.807) is 0 Å². The molecule has 2 unspecified atom stereocenters. The summed E-state index contributed by atoms with van der Waals surface area (Å²) >= 11 is 0. The smallest absolute Gasteiger partial charge is 0.115 e. The van der Waals surface area contributed by atoms with Crippen LogP contribution in [0.5, 0.6) is 0 Å². The van der Waals surface area contributed by atoms with Crippen LogP contribution in [0.1, 0.15) is 40.5 Å². The molecular formula is C13H24NO+. The molecule has 0 amide bonds. The Labute approximate surface area is 93.6 Å². The Morgan fingerprint density at radius 1 is 1.27 bits per heavy atom. The van der Waals surface area contributed by atoms with Crippen molar-refractivity contribution in [3.63, 3.8) is 0 Å². The first kappa shape index (κ1) is 12.5. The summed E-state index contributed by atoms with van der Waals surface area (Å²) < 4.78 is 5.89. The van der Waals surface area contributed by atoms with Gasteiger partial charge in [0.15, 0.2) is 0 Å². The highest BCUT2D eigenvalue weighted by atomic mass is 16.5. The molecule has 0 radical (unpaired) electrons. The van der Waals surface area contributed by atoms with Gasteiger partial charge >= 0.3 is 0 Å². The van der Waals surface area contributed by atoms with Crippen LogP contribution in [0, 0.1) is 23.7 Å². The van der Waals surface area contributed by atoms with E-state index in [1.165, 1.54) is 0 Å². The van der Waals surface area contributed by atoms with Crippen molar-refractivity contribution in [3.05, 3.63) is 0 Å². The molecule has 15 heavy (non-hydrogen) atoms. The Balaban J connectivity index is 2.54. The van der Waals surface area contributed by atoms with Gasteiger partial charge in [0.25, 0.3) is 0 Å². The summed E-state index contributed by atoms with van der Waals surface area (Å²) in [6.07, 6.45) is 8.05. The molecule has 1 fully saturated rings. The zero-order chi connectivity index (χ0) is 11.7. The summed E-state index contributed by atoms with van der Waals surface area (Å²) in [6.45, 7) is 9.28. The number of terminal acetylenes is 1. The molecule has 1 aliphatic rings. The monoisotopic (exact) mass is 210 g/mol. The van der Waals surface area contributed by atoms with Gasteiger partial charge in [-0.25, -0.2) is 0 Å². The molecule has 2 atom stereocenters. The Hall–Kier alpha value is -0.520. The van der Waals surface area contributed by atoms with Crippen LogP contribution in [0.3, 0.4) is 0 Å². The van der Waals surface area contributed by atoms with Crippen LogP contribution in [-0.4, -0.2) is 18.2 Å². The minimum Gasteiger partial charge on any atom is -0.371 e. The van der Waals surface area contributed by atoms with Crippen molar-refractivity contribution in [2.45, 2.75) is 52.2 Å². The number of quaternary nitrogens is 1. The molecular weight excluding hydrogens is 186 g/mol. The van der Waals surface area contributed by atoms with Crippen LogP contribution in [0.25, 0.3) is 0 Å². The van der Waals surface area contributed by atoms with Crippen LogP contribution < -0.4 is 5.73 Å². The van der Waals surface area contributed by atoms with Gasteiger partial charge in [0, 0.05) is 5.41 Å². The van der Waals surface area contributed by atoms with Gasteiger partial charge in [-0.2, -0.15) is 0 Å². The molecule has 2 nitrogen and oxygen atoms in total. The van der Waals surface area contributed by atoms with Gasteiger partial charge in [-0.05, 0) is 46.5 Å². The molecule has 1 rings (SSSR count). The molecule has 1 aliphatic heterocycles. The number of rotatable bonds is 2. The average Bonchev–Trinajstić information content (AvgIpc) is 2.17. The summed E-state index contributed by atoms with van der Waals surface area (Å²) in [5.74, 6) is 3.36. The highest BCUT2D eigenvalue weighted by molar-refractivity contribution is 5.04. The highest BCUT2D eigenvalue weighted by Gasteiger charge is 2.38. The first-order chi connectivity index (χ1) is 6.77. The van der Waals surface area contributed by atoms with Crippen LogP contribution in [0.2, 0.25) is 0 Å². The number of hydrogen-bond acceptors (Lipinski definition) is 1. The van der Waals surface area contributed by atoms with Gasteiger partial charge < -0.3 is 10.5 Å². The molecule has 0 saturated carbocycles. The molecule has 0 bridgehead atoms. The molecule has 1 saturated heterocycles. The van der Waals surface area contributed by atoms with Crippen LogP contribution >= 0.6 is 0 Å². The van der Waals surface area contributed by atoms with Crippen LogP contribution in [0.15, 0.2) is 0 Å². The average molecular weight is 210 g/mol. The minimum atomic E-state index is -0.0454. The Bertz CT molecular complexity index is 249. The number of hydrogen-bond donors (Lipinski definition) is 1.